The molecule has 3 rings (SSSR count). The van der Waals surface area contributed by atoms with Gasteiger partial charge in [0.05, 0.1) is 5.56 Å². The lowest BCUT2D eigenvalue weighted by molar-refractivity contribution is -0.605. The molecule has 6 heteroatoms. The van der Waals surface area contributed by atoms with Gasteiger partial charge in [0.1, 0.15) is 0 Å². The largest absolute Gasteiger partial charge is 0.619 e. The van der Waals surface area contributed by atoms with Gasteiger partial charge >= 0.3 is 0 Å². The molecule has 1 aromatic heterocycles. The van der Waals surface area contributed by atoms with Crippen molar-refractivity contribution in [2.24, 2.45) is 0 Å². The molecule has 0 atom stereocenters. The highest BCUT2D eigenvalue weighted by atomic mass is 16.5. The topological polar surface area (TPSA) is 62.5 Å². The molecule has 132 valence electrons. The second kappa shape index (κ2) is 7.53. The van der Waals surface area contributed by atoms with Gasteiger partial charge in [0.2, 0.25) is 0 Å². The van der Waals surface area contributed by atoms with Gasteiger partial charge in [-0.2, -0.15) is 4.73 Å². The van der Waals surface area contributed by atoms with Crippen molar-refractivity contribution in [3.63, 3.8) is 0 Å². The highest BCUT2D eigenvalue weighted by Crippen LogP contribution is 2.24. The number of benzene rings is 1. The molecule has 0 bridgehead atoms. The van der Waals surface area contributed by atoms with Crippen molar-refractivity contribution in [2.45, 2.75) is 13.8 Å². The van der Waals surface area contributed by atoms with Crippen molar-refractivity contribution in [1.82, 2.24) is 4.90 Å². The number of carbonyl (C=O) groups is 1. The number of rotatable bonds is 4. The molecule has 6 nitrogen and oxygen atoms in total. The standard InChI is InChI=1S/C19H24N4O2/c1-3-21-10-12-22(13-11-21)17-4-5-18(15(2)14-17)20-19(24)16-6-8-23(25)9-7-16/h4-9,14H,3,10-13H2,1-2H3,(H,20,24). The number of anilines is 2. The fourth-order valence-electron chi connectivity index (χ4n) is 3.07. The van der Waals surface area contributed by atoms with Crippen molar-refractivity contribution >= 4 is 17.3 Å². The van der Waals surface area contributed by atoms with Crippen LogP contribution in [0.5, 0.6) is 0 Å². The Labute approximate surface area is 148 Å². The molecule has 1 aliphatic rings. The number of nitrogens with zero attached hydrogens (tertiary/aromatic N) is 3. The molecule has 0 unspecified atom stereocenters. The number of hydrogen-bond donors (Lipinski definition) is 1. The molecule has 1 amide bonds. The van der Waals surface area contributed by atoms with Crippen LogP contribution >= 0.6 is 0 Å². The van der Waals surface area contributed by atoms with E-state index in [0.717, 1.165) is 44.0 Å². The first-order chi connectivity index (χ1) is 12.1. The Morgan fingerprint density at radius 2 is 1.84 bits per heavy atom. The fourth-order valence-corrected chi connectivity index (χ4v) is 3.07. The van der Waals surface area contributed by atoms with E-state index in [2.05, 4.69) is 34.2 Å². The molecule has 1 saturated heterocycles. The van der Waals surface area contributed by atoms with E-state index in [9.17, 15) is 10.0 Å². The van der Waals surface area contributed by atoms with Crippen LogP contribution in [0.3, 0.4) is 0 Å². The first kappa shape index (κ1) is 17.2. The summed E-state index contributed by atoms with van der Waals surface area (Å²) in [6.45, 7) is 9.52. The maximum absolute atomic E-state index is 12.3. The third-order valence-electron chi connectivity index (χ3n) is 4.71. The Morgan fingerprint density at radius 3 is 2.44 bits per heavy atom. The maximum atomic E-state index is 12.3. The quantitative estimate of drug-likeness (QED) is 0.683. The predicted octanol–water partition coefficient (Wildman–Crippen LogP) is 2.02. The smallest absolute Gasteiger partial charge is 0.256 e. The molecule has 25 heavy (non-hydrogen) atoms. The molecule has 1 fully saturated rings. The highest BCUT2D eigenvalue weighted by molar-refractivity contribution is 6.04. The molecule has 1 aliphatic heterocycles. The van der Waals surface area contributed by atoms with Crippen LogP contribution in [0.1, 0.15) is 22.8 Å². The zero-order valence-corrected chi connectivity index (χ0v) is 14.7. The van der Waals surface area contributed by atoms with E-state index in [1.54, 1.807) is 0 Å². The molecular formula is C19H24N4O2. The van der Waals surface area contributed by atoms with Crippen LogP contribution in [0.4, 0.5) is 11.4 Å². The molecule has 0 saturated carbocycles. The third-order valence-corrected chi connectivity index (χ3v) is 4.71. The number of hydrogen-bond acceptors (Lipinski definition) is 4. The van der Waals surface area contributed by atoms with E-state index >= 15 is 0 Å². The normalized spacial score (nSPS) is 15.2. The average molecular weight is 340 g/mol. The summed E-state index contributed by atoms with van der Waals surface area (Å²) < 4.78 is 0.662. The molecule has 2 aromatic rings. The van der Waals surface area contributed by atoms with E-state index in [0.29, 0.717) is 10.3 Å². The van der Waals surface area contributed by atoms with E-state index in [-0.39, 0.29) is 5.91 Å². The minimum Gasteiger partial charge on any atom is -0.619 e. The number of aryl methyl sites for hydroxylation is 1. The first-order valence-electron chi connectivity index (χ1n) is 8.65. The molecule has 1 aromatic carbocycles. The van der Waals surface area contributed by atoms with E-state index in [4.69, 9.17) is 0 Å². The number of aromatic nitrogens is 1. The summed E-state index contributed by atoms with van der Waals surface area (Å²) in [7, 11) is 0. The van der Waals surface area contributed by atoms with Crippen molar-refractivity contribution in [1.29, 1.82) is 0 Å². The predicted molar refractivity (Wildman–Crippen MR) is 98.9 cm³/mol. The third kappa shape index (κ3) is 4.09. The van der Waals surface area contributed by atoms with Crippen LogP contribution in [0.15, 0.2) is 42.7 Å². The molecule has 0 aliphatic carbocycles. The minimum absolute atomic E-state index is 0.215. The minimum atomic E-state index is -0.215. The summed E-state index contributed by atoms with van der Waals surface area (Å²) in [6.07, 6.45) is 2.64. The lowest BCUT2D eigenvalue weighted by atomic mass is 10.1. The summed E-state index contributed by atoms with van der Waals surface area (Å²) >= 11 is 0. The number of amides is 1. The zero-order valence-electron chi connectivity index (χ0n) is 14.7. The van der Waals surface area contributed by atoms with Crippen LogP contribution in [0.2, 0.25) is 0 Å². The summed E-state index contributed by atoms with van der Waals surface area (Å²) in [5.41, 5.74) is 3.48. The van der Waals surface area contributed by atoms with Gasteiger partial charge in [-0.15, -0.1) is 0 Å². The Morgan fingerprint density at radius 1 is 1.16 bits per heavy atom. The van der Waals surface area contributed by atoms with Crippen molar-refractivity contribution in [2.75, 3.05) is 42.9 Å². The Kier molecular flexibility index (Phi) is 5.19. The van der Waals surface area contributed by atoms with Crippen molar-refractivity contribution < 1.29 is 9.52 Å². The Bertz CT molecular complexity index is 738. The number of likely N-dealkylation sites (N-methyl/N-ethyl adjacent to an activating group) is 1. The molecule has 1 N–H and O–H groups in total. The van der Waals surface area contributed by atoms with E-state index in [1.807, 2.05) is 13.0 Å². The number of pyridine rings is 1. The summed E-state index contributed by atoms with van der Waals surface area (Å²) in [4.78, 5) is 17.1. The SMILES string of the molecule is CCN1CCN(c2ccc(NC(=O)c3cc[n+]([O-])cc3)c(C)c2)CC1. The second-order valence-electron chi connectivity index (χ2n) is 6.32. The monoisotopic (exact) mass is 340 g/mol. The van der Waals surface area contributed by atoms with Crippen molar-refractivity contribution in [3.8, 4) is 0 Å². The second-order valence-corrected chi connectivity index (χ2v) is 6.32. The highest BCUT2D eigenvalue weighted by Gasteiger charge is 2.17. The number of piperazine rings is 1. The van der Waals surface area contributed by atoms with Gasteiger partial charge in [0.15, 0.2) is 12.4 Å². The van der Waals surface area contributed by atoms with Gasteiger partial charge in [-0.3, -0.25) is 4.79 Å². The first-order valence-corrected chi connectivity index (χ1v) is 8.65. The lowest BCUT2D eigenvalue weighted by Gasteiger charge is -2.35. The molecule has 0 spiro atoms. The zero-order chi connectivity index (χ0) is 17.8. The summed E-state index contributed by atoms with van der Waals surface area (Å²) in [5, 5.41) is 14.0. The Balaban J connectivity index is 1.68. The molecule has 0 radical (unpaired) electrons. The maximum Gasteiger partial charge on any atom is 0.256 e. The van der Waals surface area contributed by atoms with Gasteiger partial charge in [-0.25, -0.2) is 0 Å². The van der Waals surface area contributed by atoms with E-state index in [1.165, 1.54) is 30.2 Å². The van der Waals surface area contributed by atoms with Gasteiger partial charge in [0, 0.05) is 49.7 Å². The van der Waals surface area contributed by atoms with Crippen LogP contribution in [-0.4, -0.2) is 43.5 Å². The Hall–Kier alpha value is -2.60. The lowest BCUT2D eigenvalue weighted by Crippen LogP contribution is -2.46. The summed E-state index contributed by atoms with van der Waals surface area (Å²) in [5.74, 6) is -0.215. The van der Waals surface area contributed by atoms with Crippen LogP contribution in [-0.2, 0) is 0 Å². The summed E-state index contributed by atoms with van der Waals surface area (Å²) in [6, 6.07) is 9.15. The number of nitrogens with one attached hydrogen (secondary N) is 1. The van der Waals surface area contributed by atoms with Gasteiger partial charge in [-0.05, 0) is 37.2 Å². The van der Waals surface area contributed by atoms with Gasteiger partial charge in [-0.1, -0.05) is 6.92 Å². The van der Waals surface area contributed by atoms with Crippen molar-refractivity contribution in [3.05, 3.63) is 59.1 Å². The fraction of sp³-hybridized carbons (Fsp3) is 0.368. The van der Waals surface area contributed by atoms with Gasteiger partial charge in [0.25, 0.3) is 5.91 Å². The van der Waals surface area contributed by atoms with E-state index < -0.39 is 0 Å². The van der Waals surface area contributed by atoms with Crippen LogP contribution in [0, 0.1) is 12.1 Å². The number of carbonyl (C=O) groups excluding carboxylic acids is 1. The molecule has 2 heterocycles. The van der Waals surface area contributed by atoms with Crippen LogP contribution < -0.4 is 14.9 Å². The van der Waals surface area contributed by atoms with Crippen LogP contribution in [0.25, 0.3) is 0 Å². The average Bonchev–Trinajstić information content (AvgIpc) is 2.64. The molecular weight excluding hydrogens is 316 g/mol. The van der Waals surface area contributed by atoms with Gasteiger partial charge < -0.3 is 20.3 Å².